The minimum absolute atomic E-state index is 0.0132. The van der Waals surface area contributed by atoms with Crippen LogP contribution in [0.3, 0.4) is 0 Å². The van der Waals surface area contributed by atoms with Crippen LogP contribution >= 0.6 is 11.6 Å². The molecule has 5 nitrogen and oxygen atoms in total. The van der Waals surface area contributed by atoms with Gasteiger partial charge in [0.25, 0.3) is 5.91 Å². The lowest BCUT2D eigenvalue weighted by Crippen LogP contribution is -2.31. The van der Waals surface area contributed by atoms with E-state index in [0.29, 0.717) is 24.6 Å². The maximum atomic E-state index is 13.2. The van der Waals surface area contributed by atoms with Crippen LogP contribution < -0.4 is 5.32 Å². The number of aromatic nitrogens is 2. The van der Waals surface area contributed by atoms with Crippen LogP contribution in [0.15, 0.2) is 60.9 Å². The third-order valence-electron chi connectivity index (χ3n) is 3.95. The van der Waals surface area contributed by atoms with Crippen molar-refractivity contribution in [1.82, 2.24) is 14.9 Å². The fourth-order valence-electron chi connectivity index (χ4n) is 2.52. The fraction of sp³-hybridized carbons (Fsp3) is 0.150. The van der Waals surface area contributed by atoms with Crippen molar-refractivity contribution in [3.8, 4) is 0 Å². The Labute approximate surface area is 161 Å². The van der Waals surface area contributed by atoms with Gasteiger partial charge in [0.05, 0.1) is 17.4 Å². The van der Waals surface area contributed by atoms with Gasteiger partial charge >= 0.3 is 0 Å². The summed E-state index contributed by atoms with van der Waals surface area (Å²) >= 11 is 5.76. The highest BCUT2D eigenvalue weighted by Gasteiger charge is 2.16. The van der Waals surface area contributed by atoms with Crippen LogP contribution in [0.4, 0.5) is 15.9 Å². The molecule has 0 bridgehead atoms. The standard InChI is InChI=1S/C20H18ClFN4O/c1-2-26(13-14-6-4-3-5-7-14)20(27)18-11-24-19(12-23-18)25-15-8-9-17(22)16(21)10-15/h3-12H,2,13H2,1H3,(H,24,25). The molecule has 2 aromatic carbocycles. The number of halogens is 2. The Morgan fingerprint density at radius 2 is 1.93 bits per heavy atom. The van der Waals surface area contributed by atoms with Gasteiger partial charge in [0.15, 0.2) is 0 Å². The summed E-state index contributed by atoms with van der Waals surface area (Å²) in [5.41, 5.74) is 1.89. The summed E-state index contributed by atoms with van der Waals surface area (Å²) in [4.78, 5) is 22.8. The highest BCUT2D eigenvalue weighted by atomic mass is 35.5. The lowest BCUT2D eigenvalue weighted by molar-refractivity contribution is 0.0746. The smallest absolute Gasteiger partial charge is 0.274 e. The number of amides is 1. The van der Waals surface area contributed by atoms with Crippen molar-refractivity contribution in [3.05, 3.63) is 83.0 Å². The molecule has 0 saturated carbocycles. The van der Waals surface area contributed by atoms with Gasteiger partial charge in [-0.05, 0) is 30.7 Å². The number of benzene rings is 2. The normalized spacial score (nSPS) is 10.5. The Kier molecular flexibility index (Phi) is 5.98. The topological polar surface area (TPSA) is 58.1 Å². The molecule has 0 aliphatic heterocycles. The molecule has 27 heavy (non-hydrogen) atoms. The van der Waals surface area contributed by atoms with Crippen LogP contribution in [0.25, 0.3) is 0 Å². The summed E-state index contributed by atoms with van der Waals surface area (Å²) in [5, 5.41) is 2.98. The van der Waals surface area contributed by atoms with E-state index in [1.807, 2.05) is 37.3 Å². The van der Waals surface area contributed by atoms with Crippen LogP contribution in [0.5, 0.6) is 0 Å². The number of anilines is 2. The lowest BCUT2D eigenvalue weighted by Gasteiger charge is -2.20. The van der Waals surface area contributed by atoms with Gasteiger partial charge in [0, 0.05) is 18.8 Å². The average molecular weight is 385 g/mol. The Bertz CT molecular complexity index is 919. The predicted molar refractivity (Wildman–Crippen MR) is 104 cm³/mol. The van der Waals surface area contributed by atoms with E-state index in [0.717, 1.165) is 5.56 Å². The van der Waals surface area contributed by atoms with Gasteiger partial charge in [-0.15, -0.1) is 0 Å². The molecular weight excluding hydrogens is 367 g/mol. The second-order valence-corrected chi connectivity index (χ2v) is 6.25. The fourth-order valence-corrected chi connectivity index (χ4v) is 2.70. The number of nitrogens with one attached hydrogen (secondary N) is 1. The van der Waals surface area contributed by atoms with Crippen molar-refractivity contribution < 1.29 is 9.18 Å². The molecular formula is C20H18ClFN4O. The molecule has 0 aliphatic rings. The largest absolute Gasteiger partial charge is 0.339 e. The highest BCUT2D eigenvalue weighted by Crippen LogP contribution is 2.21. The molecule has 7 heteroatoms. The van der Waals surface area contributed by atoms with Crippen molar-refractivity contribution in [2.75, 3.05) is 11.9 Å². The first kappa shape index (κ1) is 18.8. The van der Waals surface area contributed by atoms with Crippen molar-refractivity contribution in [1.29, 1.82) is 0 Å². The van der Waals surface area contributed by atoms with E-state index in [4.69, 9.17) is 11.6 Å². The molecule has 0 saturated heterocycles. The summed E-state index contributed by atoms with van der Waals surface area (Å²) in [5.74, 6) is -0.252. The van der Waals surface area contributed by atoms with Gasteiger partial charge in [0.1, 0.15) is 17.3 Å². The monoisotopic (exact) mass is 384 g/mol. The number of carbonyl (C=O) groups excluding carboxylic acids is 1. The molecule has 0 atom stereocenters. The van der Waals surface area contributed by atoms with E-state index in [2.05, 4.69) is 15.3 Å². The summed E-state index contributed by atoms with van der Waals surface area (Å²) in [6, 6.07) is 14.0. The second-order valence-electron chi connectivity index (χ2n) is 5.85. The third-order valence-corrected chi connectivity index (χ3v) is 4.24. The first-order chi connectivity index (χ1) is 13.1. The van der Waals surface area contributed by atoms with Gasteiger partial charge < -0.3 is 10.2 Å². The van der Waals surface area contributed by atoms with Gasteiger partial charge in [-0.1, -0.05) is 41.9 Å². The summed E-state index contributed by atoms with van der Waals surface area (Å²) < 4.78 is 13.2. The van der Waals surface area contributed by atoms with E-state index in [1.165, 1.54) is 24.5 Å². The van der Waals surface area contributed by atoms with Crippen molar-refractivity contribution in [2.24, 2.45) is 0 Å². The van der Waals surface area contributed by atoms with E-state index in [1.54, 1.807) is 11.0 Å². The number of hydrogen-bond donors (Lipinski definition) is 1. The molecule has 0 aliphatic carbocycles. The third kappa shape index (κ3) is 4.80. The molecule has 1 aromatic heterocycles. The first-order valence-electron chi connectivity index (χ1n) is 8.44. The SMILES string of the molecule is CCN(Cc1ccccc1)C(=O)c1cnc(Nc2ccc(F)c(Cl)c2)cn1. The summed E-state index contributed by atoms with van der Waals surface area (Å²) in [6.45, 7) is 2.98. The average Bonchev–Trinajstić information content (AvgIpc) is 2.70. The van der Waals surface area contributed by atoms with Gasteiger partial charge in [-0.25, -0.2) is 14.4 Å². The Morgan fingerprint density at radius 3 is 2.56 bits per heavy atom. The minimum atomic E-state index is -0.493. The summed E-state index contributed by atoms with van der Waals surface area (Å²) in [6.07, 6.45) is 2.88. The molecule has 0 unspecified atom stereocenters. The molecule has 0 spiro atoms. The molecule has 1 amide bonds. The van der Waals surface area contributed by atoms with E-state index in [-0.39, 0.29) is 16.6 Å². The highest BCUT2D eigenvalue weighted by molar-refractivity contribution is 6.31. The molecule has 0 radical (unpaired) electrons. The zero-order valence-corrected chi connectivity index (χ0v) is 15.4. The van der Waals surface area contributed by atoms with Crippen molar-refractivity contribution in [3.63, 3.8) is 0 Å². The first-order valence-corrected chi connectivity index (χ1v) is 8.82. The second kappa shape index (κ2) is 8.60. The molecule has 1 N–H and O–H groups in total. The van der Waals surface area contributed by atoms with E-state index >= 15 is 0 Å². The quantitative estimate of drug-likeness (QED) is 0.670. The van der Waals surface area contributed by atoms with Crippen LogP contribution in [-0.2, 0) is 6.54 Å². The zero-order valence-electron chi connectivity index (χ0n) is 14.7. The van der Waals surface area contributed by atoms with Gasteiger partial charge in [0.2, 0.25) is 0 Å². The van der Waals surface area contributed by atoms with E-state index < -0.39 is 5.82 Å². The predicted octanol–water partition coefficient (Wildman–Crippen LogP) is 4.68. The van der Waals surface area contributed by atoms with Crippen LogP contribution in [0, 0.1) is 5.82 Å². The van der Waals surface area contributed by atoms with Crippen LogP contribution in [0.1, 0.15) is 23.0 Å². The number of carbonyl (C=O) groups is 1. The maximum Gasteiger partial charge on any atom is 0.274 e. The molecule has 138 valence electrons. The molecule has 3 rings (SSSR count). The van der Waals surface area contributed by atoms with Crippen LogP contribution in [-0.4, -0.2) is 27.3 Å². The van der Waals surface area contributed by atoms with Crippen LogP contribution in [0.2, 0.25) is 5.02 Å². The molecule has 1 heterocycles. The van der Waals surface area contributed by atoms with Crippen molar-refractivity contribution in [2.45, 2.75) is 13.5 Å². The Hall–Kier alpha value is -2.99. The number of hydrogen-bond acceptors (Lipinski definition) is 4. The minimum Gasteiger partial charge on any atom is -0.339 e. The number of rotatable bonds is 6. The lowest BCUT2D eigenvalue weighted by atomic mass is 10.2. The summed E-state index contributed by atoms with van der Waals surface area (Å²) in [7, 11) is 0. The van der Waals surface area contributed by atoms with Crippen molar-refractivity contribution >= 4 is 29.0 Å². The zero-order chi connectivity index (χ0) is 19.2. The molecule has 0 fully saturated rings. The van der Waals surface area contributed by atoms with Gasteiger partial charge in [-0.3, -0.25) is 4.79 Å². The number of nitrogens with zero attached hydrogens (tertiary/aromatic N) is 3. The van der Waals surface area contributed by atoms with Gasteiger partial charge in [-0.2, -0.15) is 0 Å². The Morgan fingerprint density at radius 1 is 1.15 bits per heavy atom. The Balaban J connectivity index is 1.69. The molecule has 3 aromatic rings. The van der Waals surface area contributed by atoms with E-state index in [9.17, 15) is 9.18 Å². The maximum absolute atomic E-state index is 13.2.